The van der Waals surface area contributed by atoms with Gasteiger partial charge in [0.2, 0.25) is 5.91 Å². The molecule has 1 unspecified atom stereocenters. The molecule has 0 aliphatic heterocycles. The molecule has 0 aliphatic carbocycles. The highest BCUT2D eigenvalue weighted by Crippen LogP contribution is 2.26. The first-order chi connectivity index (χ1) is 12.6. The number of rotatable bonds is 6. The van der Waals surface area contributed by atoms with Crippen LogP contribution in [-0.4, -0.2) is 15.5 Å². The predicted molar refractivity (Wildman–Crippen MR) is 104 cm³/mol. The maximum absolute atomic E-state index is 12.6. The van der Waals surface area contributed by atoms with Crippen LogP contribution >= 0.6 is 23.2 Å². The molecule has 3 rings (SSSR count). The maximum Gasteiger partial charge on any atom is 0.221 e. The zero-order valence-corrected chi connectivity index (χ0v) is 15.8. The van der Waals surface area contributed by atoms with Crippen LogP contribution in [0.25, 0.3) is 0 Å². The average Bonchev–Trinajstić information content (AvgIpc) is 3.07. The molecule has 6 heteroatoms. The normalized spacial score (nSPS) is 12.0. The van der Waals surface area contributed by atoms with E-state index in [1.165, 1.54) is 0 Å². The molecule has 0 aliphatic rings. The van der Waals surface area contributed by atoms with Crippen molar-refractivity contribution < 1.29 is 4.79 Å². The number of amides is 1. The molecule has 0 fully saturated rings. The number of imidazole rings is 1. The fourth-order valence-electron chi connectivity index (χ4n) is 2.82. The topological polar surface area (TPSA) is 46.9 Å². The Morgan fingerprint density at radius 1 is 1.15 bits per heavy atom. The Morgan fingerprint density at radius 3 is 2.62 bits per heavy atom. The van der Waals surface area contributed by atoms with Gasteiger partial charge in [0.05, 0.1) is 10.0 Å². The van der Waals surface area contributed by atoms with Gasteiger partial charge in [-0.1, -0.05) is 65.7 Å². The summed E-state index contributed by atoms with van der Waals surface area (Å²) in [5.74, 6) is 0.711. The van der Waals surface area contributed by atoms with E-state index >= 15 is 0 Å². The van der Waals surface area contributed by atoms with Crippen LogP contribution < -0.4 is 5.32 Å². The number of halogens is 2. The number of hydrogen-bond donors (Lipinski definition) is 1. The zero-order valence-electron chi connectivity index (χ0n) is 14.3. The van der Waals surface area contributed by atoms with E-state index in [4.69, 9.17) is 23.2 Å². The van der Waals surface area contributed by atoms with Gasteiger partial charge in [0.25, 0.3) is 0 Å². The fraction of sp³-hybridized carbons (Fsp3) is 0.200. The summed E-state index contributed by atoms with van der Waals surface area (Å²) in [5, 5.41) is 4.09. The molecule has 26 heavy (non-hydrogen) atoms. The van der Waals surface area contributed by atoms with Gasteiger partial charge in [-0.15, -0.1) is 0 Å². The van der Waals surface area contributed by atoms with Gasteiger partial charge in [0, 0.05) is 25.9 Å². The molecule has 134 valence electrons. The van der Waals surface area contributed by atoms with Gasteiger partial charge in [-0.25, -0.2) is 4.98 Å². The first-order valence-corrected chi connectivity index (χ1v) is 9.06. The molecule has 1 N–H and O–H groups in total. The predicted octanol–water partition coefficient (Wildman–Crippen LogP) is 4.57. The molecule has 4 nitrogen and oxygen atoms in total. The molecule has 1 aromatic heterocycles. The summed E-state index contributed by atoms with van der Waals surface area (Å²) in [6.45, 7) is 0. The van der Waals surface area contributed by atoms with Crippen LogP contribution in [0.4, 0.5) is 0 Å². The third-order valence-electron chi connectivity index (χ3n) is 4.21. The highest BCUT2D eigenvalue weighted by Gasteiger charge is 2.20. The Labute approximate surface area is 162 Å². The Hall–Kier alpha value is -2.30. The van der Waals surface area contributed by atoms with E-state index in [0.717, 1.165) is 17.0 Å². The Morgan fingerprint density at radius 2 is 1.92 bits per heavy atom. The maximum atomic E-state index is 12.6. The first-order valence-electron chi connectivity index (χ1n) is 8.30. The first kappa shape index (κ1) is 18.5. The standard InChI is InChI=1S/C20H19Cl2N3O/c1-25-13-12-23-20(25)19(15-6-3-2-4-7-15)24-17(26)11-10-14-8-5-9-16(21)18(14)22/h2-9,12-13,19H,10-11H2,1H3,(H,24,26). The summed E-state index contributed by atoms with van der Waals surface area (Å²) in [6, 6.07) is 14.9. The number of carbonyl (C=O) groups is 1. The van der Waals surface area contributed by atoms with Gasteiger partial charge in [0.15, 0.2) is 0 Å². The van der Waals surface area contributed by atoms with Gasteiger partial charge in [0.1, 0.15) is 11.9 Å². The van der Waals surface area contributed by atoms with E-state index in [0.29, 0.717) is 22.9 Å². The molecule has 0 radical (unpaired) electrons. The molecule has 1 atom stereocenters. The molecule has 1 heterocycles. The summed E-state index contributed by atoms with van der Waals surface area (Å²) >= 11 is 12.2. The molecule has 2 aromatic carbocycles. The second-order valence-electron chi connectivity index (χ2n) is 6.02. The zero-order chi connectivity index (χ0) is 18.5. The quantitative estimate of drug-likeness (QED) is 0.673. The van der Waals surface area contributed by atoms with Crippen LogP contribution in [-0.2, 0) is 18.3 Å². The van der Waals surface area contributed by atoms with Crippen molar-refractivity contribution in [1.29, 1.82) is 0 Å². The van der Waals surface area contributed by atoms with Crippen LogP contribution in [0.1, 0.15) is 29.4 Å². The average molecular weight is 388 g/mol. The fourth-order valence-corrected chi connectivity index (χ4v) is 3.24. The van der Waals surface area contributed by atoms with Crippen molar-refractivity contribution in [3.63, 3.8) is 0 Å². The summed E-state index contributed by atoms with van der Waals surface area (Å²) in [6.07, 6.45) is 4.42. The number of hydrogen-bond acceptors (Lipinski definition) is 2. The minimum absolute atomic E-state index is 0.0714. The minimum atomic E-state index is -0.307. The number of aryl methyl sites for hydroxylation is 2. The Balaban J connectivity index is 1.74. The minimum Gasteiger partial charge on any atom is -0.342 e. The van der Waals surface area contributed by atoms with Crippen LogP contribution in [0.3, 0.4) is 0 Å². The van der Waals surface area contributed by atoms with Crippen molar-refractivity contribution in [2.24, 2.45) is 7.05 Å². The lowest BCUT2D eigenvalue weighted by Gasteiger charge is -2.19. The van der Waals surface area contributed by atoms with E-state index in [9.17, 15) is 4.79 Å². The van der Waals surface area contributed by atoms with Gasteiger partial charge in [-0.05, 0) is 23.6 Å². The van der Waals surface area contributed by atoms with Crippen LogP contribution in [0.5, 0.6) is 0 Å². The molecule has 0 saturated carbocycles. The lowest BCUT2D eigenvalue weighted by atomic mass is 10.0. The van der Waals surface area contributed by atoms with Crippen LogP contribution in [0.15, 0.2) is 60.9 Å². The van der Waals surface area contributed by atoms with Crippen LogP contribution in [0.2, 0.25) is 10.0 Å². The molecule has 3 aromatic rings. The highest BCUT2D eigenvalue weighted by molar-refractivity contribution is 6.42. The van der Waals surface area contributed by atoms with Gasteiger partial charge < -0.3 is 9.88 Å². The van der Waals surface area contributed by atoms with Crippen molar-refractivity contribution in [2.75, 3.05) is 0 Å². The highest BCUT2D eigenvalue weighted by atomic mass is 35.5. The summed E-state index contributed by atoms with van der Waals surface area (Å²) < 4.78 is 1.91. The summed E-state index contributed by atoms with van der Waals surface area (Å²) in [7, 11) is 1.91. The number of benzene rings is 2. The van der Waals surface area contributed by atoms with Crippen molar-refractivity contribution in [1.82, 2.24) is 14.9 Å². The molecule has 1 amide bonds. The number of aromatic nitrogens is 2. The summed E-state index contributed by atoms with van der Waals surface area (Å²) in [5.41, 5.74) is 1.85. The smallest absolute Gasteiger partial charge is 0.221 e. The van der Waals surface area contributed by atoms with Gasteiger partial charge in [-0.2, -0.15) is 0 Å². The summed E-state index contributed by atoms with van der Waals surface area (Å²) in [4.78, 5) is 17.0. The van der Waals surface area contributed by atoms with E-state index in [-0.39, 0.29) is 11.9 Å². The third kappa shape index (κ3) is 4.26. The van der Waals surface area contributed by atoms with Crippen molar-refractivity contribution in [2.45, 2.75) is 18.9 Å². The SMILES string of the molecule is Cn1ccnc1C(NC(=O)CCc1cccc(Cl)c1Cl)c1ccccc1. The molecule has 0 bridgehead atoms. The van der Waals surface area contributed by atoms with E-state index in [1.54, 1.807) is 12.3 Å². The lowest BCUT2D eigenvalue weighted by Crippen LogP contribution is -2.31. The molecule has 0 saturated heterocycles. The molecular weight excluding hydrogens is 369 g/mol. The number of nitrogens with zero attached hydrogens (tertiary/aromatic N) is 2. The van der Waals surface area contributed by atoms with E-state index in [1.807, 2.05) is 60.3 Å². The Bertz CT molecular complexity index is 893. The third-order valence-corrected chi connectivity index (χ3v) is 5.07. The number of nitrogens with one attached hydrogen (secondary N) is 1. The largest absolute Gasteiger partial charge is 0.342 e. The van der Waals surface area contributed by atoms with Crippen LogP contribution in [0, 0.1) is 0 Å². The van der Waals surface area contributed by atoms with Gasteiger partial charge in [-0.3, -0.25) is 4.79 Å². The van der Waals surface area contributed by atoms with Crippen molar-refractivity contribution >= 4 is 29.1 Å². The second kappa shape index (κ2) is 8.39. The lowest BCUT2D eigenvalue weighted by molar-refractivity contribution is -0.121. The monoisotopic (exact) mass is 387 g/mol. The van der Waals surface area contributed by atoms with E-state index in [2.05, 4.69) is 10.3 Å². The van der Waals surface area contributed by atoms with Crippen molar-refractivity contribution in [3.05, 3.63) is 87.9 Å². The van der Waals surface area contributed by atoms with Gasteiger partial charge >= 0.3 is 0 Å². The van der Waals surface area contributed by atoms with Crippen molar-refractivity contribution in [3.8, 4) is 0 Å². The molecule has 0 spiro atoms. The number of carbonyl (C=O) groups excluding carboxylic acids is 1. The Kier molecular flexibility index (Phi) is 5.96. The van der Waals surface area contributed by atoms with E-state index < -0.39 is 0 Å². The second-order valence-corrected chi connectivity index (χ2v) is 6.81. The molecular formula is C20H19Cl2N3O.